The number of carbonyl (C=O) groups is 2. The van der Waals surface area contributed by atoms with Gasteiger partial charge in [-0.3, -0.25) is 9.59 Å². The van der Waals surface area contributed by atoms with Gasteiger partial charge in [0.1, 0.15) is 50.2 Å². The van der Waals surface area contributed by atoms with Crippen molar-refractivity contribution >= 4 is 31.4 Å². The fraction of sp³-hybridized carbons (Fsp3) is 0.390. The average molecular weight is 1070 g/mol. The molecule has 4 aliphatic carbocycles. The van der Waals surface area contributed by atoms with E-state index in [1.165, 1.54) is 23.6 Å². The molecule has 2 fully saturated rings. The SMILES string of the molecule is CC(=O)[C@@H]1[C@H]2Cc3cc(OCc4cccc(-c5c(C)cc(OCCCS(C)(=O)=O)cc5C)c4)ncc3[C@H]21.Cc1cc(OCCCS(C)(=O)=O)cc(C)c1-c1cccc(COc2cc3c(cn2)[C@@H]2[C@H](C3)[C@H]2C(=O)O)c1.[Li+].[OH-]. The maximum absolute atomic E-state index is 11.8. The molecule has 2 N–H and O–H groups in total. The molecule has 0 aliphatic heterocycles. The molecule has 14 nitrogen and oxygen atoms in total. The van der Waals surface area contributed by atoms with Crippen LogP contribution in [0.25, 0.3) is 22.3 Å². The Morgan fingerprint density at radius 3 is 1.37 bits per heavy atom. The summed E-state index contributed by atoms with van der Waals surface area (Å²) in [7, 11) is -5.96. The standard InChI is InChI=1S/C30H33NO5S.C29H31NO6S.Li.H2O/c1-18-11-24(35-9-6-10-37(4,33)34)12-19(2)28(18)22-8-5-7-21(13-22)17-36-27-15-23-14-25-29(20(3)32)30(25)26(23)16-31-27;1-17-10-22(35-8-5-9-37(3,33)34)11-18(2)26(17)20-7-4-6-19(12-20)16-36-25-14-21-13-23-27(24(21)15-30-25)28(23)29(31)32;;/h5,7-8,11-13,15-16,25,29-30H,6,9-10,14,17H2,1-4H3;4,6-7,10-12,14-15,23,27-28H,5,8-9,13,16H2,1-3H3,(H,31,32);;1H2/q;;+1;/p-1/t25-,29-,30+;23-,27-,28+;;/m10../s1. The van der Waals surface area contributed by atoms with E-state index in [0.717, 1.165) is 91.1 Å². The van der Waals surface area contributed by atoms with Crippen LogP contribution in [0.15, 0.2) is 97.3 Å². The van der Waals surface area contributed by atoms with Crippen LogP contribution in [0, 0.1) is 51.4 Å². The summed E-state index contributed by atoms with van der Waals surface area (Å²) in [5.74, 6) is 3.56. The quantitative estimate of drug-likeness (QED) is 0.0616. The smallest absolute Gasteiger partial charge is 0.870 e. The number of fused-ring (bicyclic) bond motifs is 6. The third-order valence-corrected chi connectivity index (χ3v) is 16.9. The number of carboxylic acids is 1. The van der Waals surface area contributed by atoms with Crippen LogP contribution in [-0.2, 0) is 55.3 Å². The van der Waals surface area contributed by atoms with Crippen molar-refractivity contribution < 1.29 is 74.8 Å². The number of rotatable bonds is 20. The fourth-order valence-corrected chi connectivity index (χ4v) is 12.8. The number of carboxylic acid groups (broad SMARTS) is 1. The maximum Gasteiger partial charge on any atom is 1.00 e. The van der Waals surface area contributed by atoms with Gasteiger partial charge in [0.25, 0.3) is 0 Å². The summed E-state index contributed by atoms with van der Waals surface area (Å²) in [4.78, 5) is 32.0. The van der Waals surface area contributed by atoms with E-state index >= 15 is 0 Å². The molecular formula is C59H65LiN2O12S2. The third kappa shape index (κ3) is 13.6. The van der Waals surface area contributed by atoms with Crippen molar-refractivity contribution in [2.45, 2.75) is 85.4 Å². The number of aryl methyl sites for hydroxylation is 4. The molecule has 6 aromatic rings. The topological polar surface area (TPSA) is 215 Å². The Labute approximate surface area is 458 Å². The molecule has 0 bridgehead atoms. The molecule has 0 saturated heterocycles. The molecule has 76 heavy (non-hydrogen) atoms. The minimum atomic E-state index is -2.99. The molecule has 0 unspecified atom stereocenters. The number of ether oxygens (including phenoxy) is 4. The monoisotopic (exact) mass is 1060 g/mol. The predicted octanol–water partition coefficient (Wildman–Crippen LogP) is 6.79. The number of sulfone groups is 2. The molecule has 396 valence electrons. The van der Waals surface area contributed by atoms with Crippen molar-refractivity contribution in [1.82, 2.24) is 9.97 Å². The van der Waals surface area contributed by atoms with Crippen LogP contribution in [0.4, 0.5) is 0 Å². The molecule has 0 amide bonds. The Balaban J connectivity index is 0.000000216. The third-order valence-electron chi connectivity index (χ3n) is 14.8. The largest absolute Gasteiger partial charge is 1.00 e. The van der Waals surface area contributed by atoms with Gasteiger partial charge in [-0.05, 0) is 192 Å². The van der Waals surface area contributed by atoms with E-state index in [1.807, 2.05) is 80.7 Å². The Hall–Kier alpha value is -6.02. The summed E-state index contributed by atoms with van der Waals surface area (Å²) in [6, 6.07) is 28.5. The molecule has 4 aromatic carbocycles. The number of ketones is 1. The van der Waals surface area contributed by atoms with Gasteiger partial charge in [0.05, 0.1) is 30.6 Å². The Morgan fingerprint density at radius 2 is 0.987 bits per heavy atom. The van der Waals surface area contributed by atoms with Crippen LogP contribution in [0.2, 0.25) is 0 Å². The molecule has 4 aliphatic rings. The number of nitrogens with zero attached hydrogens (tertiary/aromatic N) is 2. The van der Waals surface area contributed by atoms with Crippen molar-refractivity contribution in [3.63, 3.8) is 0 Å². The second-order valence-corrected chi connectivity index (χ2v) is 25.3. The summed E-state index contributed by atoms with van der Waals surface area (Å²) < 4.78 is 68.9. The van der Waals surface area contributed by atoms with Gasteiger partial charge in [0.15, 0.2) is 0 Å². The number of pyridine rings is 2. The van der Waals surface area contributed by atoms with E-state index in [-0.39, 0.29) is 65.3 Å². The fourth-order valence-electron chi connectivity index (χ4n) is 11.5. The zero-order valence-electron chi connectivity index (χ0n) is 44.5. The normalized spacial score (nSPS) is 19.2. The van der Waals surface area contributed by atoms with Gasteiger partial charge in [-0.1, -0.05) is 36.4 Å². The zero-order chi connectivity index (χ0) is 52.6. The number of aliphatic carboxylic acids is 1. The summed E-state index contributed by atoms with van der Waals surface area (Å²) in [6.07, 6.45) is 8.81. The van der Waals surface area contributed by atoms with Crippen LogP contribution in [0.1, 0.15) is 87.2 Å². The second kappa shape index (κ2) is 23.7. The van der Waals surface area contributed by atoms with Gasteiger partial charge in [-0.25, -0.2) is 26.8 Å². The van der Waals surface area contributed by atoms with E-state index < -0.39 is 25.6 Å². The van der Waals surface area contributed by atoms with E-state index in [0.29, 0.717) is 62.9 Å². The van der Waals surface area contributed by atoms with Crippen LogP contribution in [0.5, 0.6) is 23.3 Å². The maximum atomic E-state index is 11.8. The number of hydrogen-bond acceptors (Lipinski definition) is 13. The van der Waals surface area contributed by atoms with Gasteiger partial charge < -0.3 is 29.5 Å². The summed E-state index contributed by atoms with van der Waals surface area (Å²) >= 11 is 0. The van der Waals surface area contributed by atoms with Crippen LogP contribution in [-0.4, -0.2) is 86.4 Å². The van der Waals surface area contributed by atoms with E-state index in [1.54, 1.807) is 13.1 Å². The first kappa shape index (κ1) is 57.7. The first-order valence-corrected chi connectivity index (χ1v) is 29.3. The molecule has 0 spiro atoms. The number of carbonyl (C=O) groups excluding carboxylic acids is 1. The van der Waals surface area contributed by atoms with Crippen molar-refractivity contribution in [2.75, 3.05) is 37.2 Å². The number of benzene rings is 4. The van der Waals surface area contributed by atoms with Crippen molar-refractivity contribution in [3.05, 3.63) is 153 Å². The molecular weight excluding hydrogens is 1000 g/mol. The summed E-state index contributed by atoms with van der Waals surface area (Å²) in [5, 5.41) is 9.30. The minimum absolute atomic E-state index is 0. The number of hydrogen-bond donors (Lipinski definition) is 1. The van der Waals surface area contributed by atoms with Gasteiger partial charge in [0, 0.05) is 48.9 Å². The molecule has 17 heteroatoms. The minimum Gasteiger partial charge on any atom is -0.870 e. The van der Waals surface area contributed by atoms with Gasteiger partial charge in [-0.15, -0.1) is 0 Å². The van der Waals surface area contributed by atoms with Crippen molar-refractivity contribution in [2.24, 2.45) is 23.7 Å². The number of aromatic nitrogens is 2. The van der Waals surface area contributed by atoms with Crippen LogP contribution >= 0.6 is 0 Å². The van der Waals surface area contributed by atoms with Crippen LogP contribution in [0.3, 0.4) is 0 Å². The first-order valence-electron chi connectivity index (χ1n) is 25.2. The Morgan fingerprint density at radius 1 is 0.592 bits per heavy atom. The average Bonchev–Trinajstić information content (AvgIpc) is 4.15. The molecule has 2 heterocycles. The Bertz CT molecular complexity index is 3110. The van der Waals surface area contributed by atoms with Gasteiger partial charge >= 0.3 is 24.8 Å². The molecule has 0 radical (unpaired) electrons. The van der Waals surface area contributed by atoms with E-state index in [9.17, 15) is 31.5 Å². The van der Waals surface area contributed by atoms with E-state index in [2.05, 4.69) is 48.1 Å². The van der Waals surface area contributed by atoms with Crippen molar-refractivity contribution in [3.8, 4) is 45.5 Å². The van der Waals surface area contributed by atoms with Crippen molar-refractivity contribution in [1.29, 1.82) is 0 Å². The molecule has 2 aromatic heterocycles. The number of Topliss-reactive ketones (excluding diaryl/α,β-unsaturated/α-hetero) is 1. The van der Waals surface area contributed by atoms with E-state index in [4.69, 9.17) is 18.9 Å². The molecule has 2 saturated carbocycles. The Kier molecular flexibility index (Phi) is 18.0. The second-order valence-electron chi connectivity index (χ2n) is 20.7. The van der Waals surface area contributed by atoms with Crippen LogP contribution < -0.4 is 37.8 Å². The van der Waals surface area contributed by atoms with Gasteiger partial charge in [0.2, 0.25) is 11.8 Å². The molecule has 6 atom stereocenters. The summed E-state index contributed by atoms with van der Waals surface area (Å²) in [6.45, 7) is 11.4. The first-order chi connectivity index (χ1) is 35.2. The zero-order valence-corrected chi connectivity index (χ0v) is 46.1. The van der Waals surface area contributed by atoms with Gasteiger partial charge in [-0.2, -0.15) is 0 Å². The summed E-state index contributed by atoms with van der Waals surface area (Å²) in [5.41, 5.74) is 15.6. The molecule has 10 rings (SSSR count). The predicted molar refractivity (Wildman–Crippen MR) is 287 cm³/mol.